The van der Waals surface area contributed by atoms with Crippen LogP contribution < -0.4 is 5.32 Å². The summed E-state index contributed by atoms with van der Waals surface area (Å²) in [6.07, 6.45) is -0.683. The van der Waals surface area contributed by atoms with Crippen molar-refractivity contribution in [3.05, 3.63) is 5.82 Å². The third kappa shape index (κ3) is 2.46. The molecule has 0 aromatic carbocycles. The second-order valence-electron chi connectivity index (χ2n) is 3.14. The largest absolute Gasteiger partial charge is 0.384 e. The number of hydrogen-bond donors (Lipinski definition) is 2. The third-order valence-corrected chi connectivity index (χ3v) is 1.60. The summed E-state index contributed by atoms with van der Waals surface area (Å²) in [5.74, 6) is 0.364. The van der Waals surface area contributed by atoms with Crippen molar-refractivity contribution >= 4 is 0 Å². The first-order chi connectivity index (χ1) is 6.15. The van der Waals surface area contributed by atoms with Crippen LogP contribution in [0.25, 0.3) is 0 Å². The van der Waals surface area contributed by atoms with Crippen LogP contribution in [0.15, 0.2) is 0 Å². The van der Waals surface area contributed by atoms with Crippen LogP contribution in [0, 0.1) is 0 Å². The predicted molar refractivity (Wildman–Crippen MR) is 47.1 cm³/mol. The Morgan fingerprint density at radius 3 is 2.69 bits per heavy atom. The summed E-state index contributed by atoms with van der Waals surface area (Å²) in [6.45, 7) is 4.34. The number of hydrogen-bond acceptors (Lipinski definition) is 5. The van der Waals surface area contributed by atoms with E-state index in [-0.39, 0.29) is 6.04 Å². The molecular weight excluding hydrogens is 170 g/mol. The average Bonchev–Trinajstić information content (AvgIpc) is 2.52. The molecule has 1 rings (SSSR count). The first-order valence-electron chi connectivity index (χ1n) is 4.27. The zero-order valence-electron chi connectivity index (χ0n) is 8.10. The minimum Gasteiger partial charge on any atom is -0.384 e. The van der Waals surface area contributed by atoms with Gasteiger partial charge in [0.1, 0.15) is 6.10 Å². The van der Waals surface area contributed by atoms with Gasteiger partial charge in [-0.1, -0.05) is 0 Å². The molecule has 0 radical (unpaired) electrons. The molecule has 0 bridgehead atoms. The first-order valence-corrected chi connectivity index (χ1v) is 4.27. The maximum Gasteiger partial charge on any atom is 0.204 e. The van der Waals surface area contributed by atoms with Crippen molar-refractivity contribution in [1.82, 2.24) is 25.5 Å². The lowest BCUT2D eigenvalue weighted by molar-refractivity contribution is 0.167. The molecule has 2 N–H and O–H groups in total. The Morgan fingerprint density at radius 2 is 2.23 bits per heavy atom. The van der Waals surface area contributed by atoms with E-state index in [1.54, 1.807) is 7.05 Å². The SMILES string of the molecule is CNCC(O)c1nnn(C(C)C)n1. The highest BCUT2D eigenvalue weighted by molar-refractivity contribution is 4.84. The van der Waals surface area contributed by atoms with Gasteiger partial charge in [-0.3, -0.25) is 0 Å². The Kier molecular flexibility index (Phi) is 3.32. The third-order valence-electron chi connectivity index (χ3n) is 1.60. The van der Waals surface area contributed by atoms with Gasteiger partial charge in [0, 0.05) is 6.54 Å². The number of aliphatic hydroxyl groups excluding tert-OH is 1. The van der Waals surface area contributed by atoms with E-state index in [0.717, 1.165) is 0 Å². The van der Waals surface area contributed by atoms with Crippen LogP contribution in [0.5, 0.6) is 0 Å². The molecule has 1 aromatic rings. The second kappa shape index (κ2) is 4.29. The van der Waals surface area contributed by atoms with Gasteiger partial charge in [-0.05, 0) is 26.1 Å². The molecule has 1 heterocycles. The molecule has 1 atom stereocenters. The van der Waals surface area contributed by atoms with E-state index in [0.29, 0.717) is 12.4 Å². The van der Waals surface area contributed by atoms with Crippen molar-refractivity contribution in [2.75, 3.05) is 13.6 Å². The van der Waals surface area contributed by atoms with E-state index in [2.05, 4.69) is 20.7 Å². The Labute approximate surface area is 76.9 Å². The summed E-state index contributed by atoms with van der Waals surface area (Å²) >= 11 is 0. The number of nitrogens with zero attached hydrogens (tertiary/aromatic N) is 4. The van der Waals surface area contributed by atoms with Crippen LogP contribution in [0.3, 0.4) is 0 Å². The molecule has 1 unspecified atom stereocenters. The van der Waals surface area contributed by atoms with Crippen LogP contribution in [-0.4, -0.2) is 38.9 Å². The fraction of sp³-hybridized carbons (Fsp3) is 0.857. The molecule has 0 saturated carbocycles. The van der Waals surface area contributed by atoms with E-state index in [4.69, 9.17) is 0 Å². The molecule has 74 valence electrons. The van der Waals surface area contributed by atoms with Gasteiger partial charge in [-0.15, -0.1) is 10.2 Å². The normalized spacial score (nSPS) is 13.6. The summed E-state index contributed by atoms with van der Waals surface area (Å²) in [4.78, 5) is 1.48. The van der Waals surface area contributed by atoms with Gasteiger partial charge in [0.25, 0.3) is 0 Å². The fourth-order valence-corrected chi connectivity index (χ4v) is 0.873. The summed E-state index contributed by atoms with van der Waals surface area (Å²) in [5, 5.41) is 23.9. The molecule has 0 amide bonds. The highest BCUT2D eigenvalue weighted by Crippen LogP contribution is 2.05. The Hall–Kier alpha value is -1.01. The molecule has 0 fully saturated rings. The summed E-state index contributed by atoms with van der Waals surface area (Å²) in [6, 6.07) is 0.169. The summed E-state index contributed by atoms with van der Waals surface area (Å²) in [5.41, 5.74) is 0. The smallest absolute Gasteiger partial charge is 0.204 e. The summed E-state index contributed by atoms with van der Waals surface area (Å²) in [7, 11) is 1.76. The van der Waals surface area contributed by atoms with Crippen molar-refractivity contribution in [3.8, 4) is 0 Å². The number of aliphatic hydroxyl groups is 1. The maximum atomic E-state index is 9.47. The monoisotopic (exact) mass is 185 g/mol. The molecule has 13 heavy (non-hydrogen) atoms. The van der Waals surface area contributed by atoms with Crippen molar-refractivity contribution in [2.45, 2.75) is 26.0 Å². The highest BCUT2D eigenvalue weighted by atomic mass is 16.3. The van der Waals surface area contributed by atoms with Gasteiger partial charge in [0.05, 0.1) is 6.04 Å². The minimum absolute atomic E-state index is 0.169. The highest BCUT2D eigenvalue weighted by Gasteiger charge is 2.13. The topological polar surface area (TPSA) is 75.9 Å². The predicted octanol–water partition coefficient (Wildman–Crippen LogP) is -0.493. The van der Waals surface area contributed by atoms with Crippen LogP contribution >= 0.6 is 0 Å². The number of nitrogens with one attached hydrogen (secondary N) is 1. The molecular formula is C7H15N5O. The fourth-order valence-electron chi connectivity index (χ4n) is 0.873. The molecule has 0 spiro atoms. The second-order valence-corrected chi connectivity index (χ2v) is 3.14. The Bertz CT molecular complexity index is 259. The minimum atomic E-state index is -0.683. The van der Waals surface area contributed by atoms with E-state index in [9.17, 15) is 5.11 Å². The van der Waals surface area contributed by atoms with E-state index >= 15 is 0 Å². The number of tetrazole rings is 1. The van der Waals surface area contributed by atoms with Gasteiger partial charge in [-0.2, -0.15) is 4.80 Å². The van der Waals surface area contributed by atoms with E-state index in [1.807, 2.05) is 13.8 Å². The van der Waals surface area contributed by atoms with Crippen molar-refractivity contribution < 1.29 is 5.11 Å². The molecule has 6 nitrogen and oxygen atoms in total. The van der Waals surface area contributed by atoms with Crippen molar-refractivity contribution in [3.63, 3.8) is 0 Å². The number of likely N-dealkylation sites (N-methyl/N-ethyl adjacent to an activating group) is 1. The van der Waals surface area contributed by atoms with Crippen molar-refractivity contribution in [1.29, 1.82) is 0 Å². The Morgan fingerprint density at radius 1 is 1.54 bits per heavy atom. The van der Waals surface area contributed by atoms with Crippen LogP contribution in [0.1, 0.15) is 31.8 Å². The van der Waals surface area contributed by atoms with Gasteiger partial charge in [0.15, 0.2) is 0 Å². The van der Waals surface area contributed by atoms with Gasteiger partial charge in [0.2, 0.25) is 5.82 Å². The lowest BCUT2D eigenvalue weighted by atomic mass is 10.3. The zero-order chi connectivity index (χ0) is 9.84. The number of rotatable bonds is 4. The zero-order valence-corrected chi connectivity index (χ0v) is 8.10. The molecule has 0 aliphatic carbocycles. The quantitative estimate of drug-likeness (QED) is 0.661. The number of aromatic nitrogens is 4. The maximum absolute atomic E-state index is 9.47. The molecule has 1 aromatic heterocycles. The van der Waals surface area contributed by atoms with E-state index < -0.39 is 6.10 Å². The van der Waals surface area contributed by atoms with Gasteiger partial charge < -0.3 is 10.4 Å². The van der Waals surface area contributed by atoms with Crippen LogP contribution in [0.2, 0.25) is 0 Å². The average molecular weight is 185 g/mol. The Balaban J connectivity index is 2.67. The van der Waals surface area contributed by atoms with Crippen LogP contribution in [-0.2, 0) is 0 Å². The van der Waals surface area contributed by atoms with Crippen molar-refractivity contribution in [2.24, 2.45) is 0 Å². The lowest BCUT2D eigenvalue weighted by Crippen LogP contribution is -2.18. The molecule has 0 aliphatic rings. The van der Waals surface area contributed by atoms with E-state index in [1.165, 1.54) is 4.80 Å². The molecule has 0 aliphatic heterocycles. The first kappa shape index (κ1) is 10.1. The van der Waals surface area contributed by atoms with Gasteiger partial charge >= 0.3 is 0 Å². The molecule has 6 heteroatoms. The summed E-state index contributed by atoms with van der Waals surface area (Å²) < 4.78 is 0. The van der Waals surface area contributed by atoms with Gasteiger partial charge in [-0.25, -0.2) is 0 Å². The molecule has 0 saturated heterocycles. The lowest BCUT2D eigenvalue weighted by Gasteiger charge is -2.03. The van der Waals surface area contributed by atoms with Crippen LogP contribution in [0.4, 0.5) is 0 Å². The standard InChI is InChI=1S/C7H15N5O/c1-5(2)12-10-7(9-11-12)6(13)4-8-3/h5-6,8,13H,4H2,1-3H3.